The Labute approximate surface area is 172 Å². The summed E-state index contributed by atoms with van der Waals surface area (Å²) in [5.41, 5.74) is 7.45. The number of aliphatic hydroxyl groups excluding tert-OH is 1. The van der Waals surface area contributed by atoms with Gasteiger partial charge in [-0.1, -0.05) is 37.3 Å². The van der Waals surface area contributed by atoms with Crippen LogP contribution in [0, 0.1) is 0 Å². The van der Waals surface area contributed by atoms with Crippen LogP contribution in [-0.4, -0.2) is 49.3 Å². The normalized spacial score (nSPS) is 14.9. The number of nitrogens with zero attached hydrogens (tertiary/aromatic N) is 1. The maximum absolute atomic E-state index is 13.1. The molecule has 11 heteroatoms. The summed E-state index contributed by atoms with van der Waals surface area (Å²) >= 11 is 0. The van der Waals surface area contributed by atoms with E-state index in [4.69, 9.17) is 5.73 Å². The number of nitrogens with one attached hydrogen (secondary N) is 1. The van der Waals surface area contributed by atoms with E-state index < -0.39 is 46.4 Å². The van der Waals surface area contributed by atoms with Gasteiger partial charge >= 0.3 is 6.43 Å². The predicted octanol–water partition coefficient (Wildman–Crippen LogP) is 1.89. The van der Waals surface area contributed by atoms with E-state index in [1.54, 1.807) is 23.5 Å². The zero-order valence-corrected chi connectivity index (χ0v) is 16.8. The van der Waals surface area contributed by atoms with E-state index in [2.05, 4.69) is 4.98 Å². The fourth-order valence-corrected chi connectivity index (χ4v) is 3.53. The number of aromatic nitrogens is 1. The molecule has 0 spiro atoms. The van der Waals surface area contributed by atoms with Crippen LogP contribution in [0.2, 0.25) is 0 Å². The molecule has 0 aliphatic rings. The first-order chi connectivity index (χ1) is 14.1. The molecule has 0 aliphatic carbocycles. The quantitative estimate of drug-likeness (QED) is 0.542. The van der Waals surface area contributed by atoms with E-state index in [0.29, 0.717) is 11.1 Å². The largest absolute Gasteiger partial charge is 0.386 e. The highest BCUT2D eigenvalue weighted by Gasteiger charge is 2.26. The molecule has 0 radical (unpaired) electrons. The summed E-state index contributed by atoms with van der Waals surface area (Å²) in [6.07, 6.45) is -3.40. The molecule has 30 heavy (non-hydrogen) atoms. The number of carbonyl (C=O) groups is 1. The van der Waals surface area contributed by atoms with Gasteiger partial charge in [0.2, 0.25) is 0 Å². The molecule has 0 aliphatic heterocycles. The van der Waals surface area contributed by atoms with Crippen LogP contribution in [0.25, 0.3) is 11.1 Å². The number of amides is 1. The third-order valence-electron chi connectivity index (χ3n) is 4.53. The van der Waals surface area contributed by atoms with Gasteiger partial charge in [0.25, 0.3) is 5.91 Å². The molecule has 164 valence electrons. The predicted molar refractivity (Wildman–Crippen MR) is 105 cm³/mol. The lowest BCUT2D eigenvalue weighted by Crippen LogP contribution is -2.43. The summed E-state index contributed by atoms with van der Waals surface area (Å²) in [6.45, 7) is 0.264. The van der Waals surface area contributed by atoms with Gasteiger partial charge in [-0.25, -0.2) is 12.8 Å². The number of benzene rings is 1. The van der Waals surface area contributed by atoms with Gasteiger partial charge in [-0.3, -0.25) is 9.78 Å². The number of carbonyl (C=O) groups excluding carboxylic acids is 1. The zero-order valence-electron chi connectivity index (χ0n) is 16.0. The van der Waals surface area contributed by atoms with Crippen LogP contribution in [0.1, 0.15) is 29.7 Å². The molecule has 1 aromatic carbocycles. The van der Waals surface area contributed by atoms with Crippen molar-refractivity contribution in [3.05, 3.63) is 53.9 Å². The van der Waals surface area contributed by atoms with Gasteiger partial charge in [-0.15, -0.1) is 0 Å². The van der Waals surface area contributed by atoms with Gasteiger partial charge in [0, 0.05) is 17.5 Å². The minimum absolute atomic E-state index is 0.112. The molecular formula is C19H22F3N3O4S. The SMILES string of the molecule is CCS(=O)(=O)C(N)c1ccc(-c2ccc([C@@H](O)[C@@H](CF)NC(=O)C(F)F)cc2)cn1. The smallest absolute Gasteiger partial charge is 0.315 e. The first kappa shape index (κ1) is 23.8. The highest BCUT2D eigenvalue weighted by atomic mass is 32.2. The molecule has 4 N–H and O–H groups in total. The number of aliphatic hydroxyl groups is 1. The highest BCUT2D eigenvalue weighted by molar-refractivity contribution is 7.91. The van der Waals surface area contributed by atoms with Crippen LogP contribution in [0.4, 0.5) is 13.2 Å². The van der Waals surface area contributed by atoms with Gasteiger partial charge in [-0.05, 0) is 17.2 Å². The summed E-state index contributed by atoms with van der Waals surface area (Å²) in [4.78, 5) is 15.1. The van der Waals surface area contributed by atoms with Crippen molar-refractivity contribution in [2.24, 2.45) is 5.73 Å². The second-order valence-corrected chi connectivity index (χ2v) is 8.89. The number of rotatable bonds is 9. The monoisotopic (exact) mass is 445 g/mol. The van der Waals surface area contributed by atoms with Crippen molar-refractivity contribution in [3.63, 3.8) is 0 Å². The maximum atomic E-state index is 13.1. The summed E-state index contributed by atoms with van der Waals surface area (Å²) in [7, 11) is -3.49. The number of halogens is 3. The minimum atomic E-state index is -3.49. The Balaban J connectivity index is 2.16. The molecular weight excluding hydrogens is 423 g/mol. The van der Waals surface area contributed by atoms with Crippen molar-refractivity contribution in [1.82, 2.24) is 10.3 Å². The van der Waals surface area contributed by atoms with Crippen molar-refractivity contribution >= 4 is 15.7 Å². The molecule has 1 unspecified atom stereocenters. The summed E-state index contributed by atoms with van der Waals surface area (Å²) in [5.74, 6) is -1.78. The van der Waals surface area contributed by atoms with E-state index >= 15 is 0 Å². The van der Waals surface area contributed by atoms with Crippen molar-refractivity contribution in [2.75, 3.05) is 12.4 Å². The molecule has 0 saturated heterocycles. The summed E-state index contributed by atoms with van der Waals surface area (Å²) in [6, 6.07) is 7.70. The molecule has 1 heterocycles. The van der Waals surface area contributed by atoms with E-state index in [-0.39, 0.29) is 17.0 Å². The molecule has 0 saturated carbocycles. The third-order valence-corrected chi connectivity index (χ3v) is 6.35. The Kier molecular flexibility index (Phi) is 7.93. The molecule has 7 nitrogen and oxygen atoms in total. The Morgan fingerprint density at radius 1 is 1.17 bits per heavy atom. The molecule has 3 atom stereocenters. The lowest BCUT2D eigenvalue weighted by molar-refractivity contribution is -0.133. The van der Waals surface area contributed by atoms with Crippen molar-refractivity contribution in [2.45, 2.75) is 30.9 Å². The molecule has 1 amide bonds. The summed E-state index contributed by atoms with van der Waals surface area (Å²) < 4.78 is 61.5. The minimum Gasteiger partial charge on any atom is -0.386 e. The van der Waals surface area contributed by atoms with E-state index in [1.807, 2.05) is 0 Å². The van der Waals surface area contributed by atoms with Gasteiger partial charge in [0.15, 0.2) is 15.2 Å². The Bertz CT molecular complexity index is 954. The van der Waals surface area contributed by atoms with E-state index in [0.717, 1.165) is 0 Å². The summed E-state index contributed by atoms with van der Waals surface area (Å²) in [5, 5.41) is 10.7. The second kappa shape index (κ2) is 10.0. The highest BCUT2D eigenvalue weighted by Crippen LogP contribution is 2.25. The molecule has 2 rings (SSSR count). The Hall–Kier alpha value is -2.50. The van der Waals surface area contributed by atoms with Crippen molar-refractivity contribution in [1.29, 1.82) is 0 Å². The molecule has 1 aromatic heterocycles. The van der Waals surface area contributed by atoms with E-state index in [1.165, 1.54) is 31.3 Å². The Morgan fingerprint density at radius 3 is 2.23 bits per heavy atom. The van der Waals surface area contributed by atoms with Crippen molar-refractivity contribution < 1.29 is 31.5 Å². The lowest BCUT2D eigenvalue weighted by Gasteiger charge is -2.22. The first-order valence-electron chi connectivity index (χ1n) is 8.96. The topological polar surface area (TPSA) is 122 Å². The average Bonchev–Trinajstić information content (AvgIpc) is 2.76. The van der Waals surface area contributed by atoms with Crippen LogP contribution in [0.5, 0.6) is 0 Å². The number of hydrogen-bond donors (Lipinski definition) is 3. The standard InChI is InChI=1S/C19H22F3N3O4S/c1-2-30(28,29)18(23)14-8-7-13(10-24-14)11-3-5-12(6-4-11)16(26)15(9-20)25-19(27)17(21)22/h3-8,10,15-18,26H,2,9,23H2,1H3,(H,25,27)/t15-,16-,18?/m1/s1. The molecule has 2 aromatic rings. The van der Waals surface area contributed by atoms with Crippen LogP contribution in [0.15, 0.2) is 42.6 Å². The number of alkyl halides is 3. The van der Waals surface area contributed by atoms with Crippen LogP contribution < -0.4 is 11.1 Å². The second-order valence-electron chi connectivity index (χ2n) is 6.48. The fraction of sp³-hybridized carbons (Fsp3) is 0.368. The average molecular weight is 445 g/mol. The third kappa shape index (κ3) is 5.55. The van der Waals surface area contributed by atoms with Crippen LogP contribution >= 0.6 is 0 Å². The van der Waals surface area contributed by atoms with Crippen LogP contribution in [0.3, 0.4) is 0 Å². The fourth-order valence-electron chi connectivity index (χ4n) is 2.66. The Morgan fingerprint density at radius 2 is 1.77 bits per heavy atom. The van der Waals surface area contributed by atoms with Gasteiger partial charge in [0.1, 0.15) is 12.8 Å². The maximum Gasteiger partial charge on any atom is 0.315 e. The molecule has 0 fully saturated rings. The van der Waals surface area contributed by atoms with E-state index in [9.17, 15) is 31.5 Å². The molecule has 0 bridgehead atoms. The van der Waals surface area contributed by atoms with Crippen molar-refractivity contribution in [3.8, 4) is 11.1 Å². The zero-order chi connectivity index (χ0) is 22.5. The number of pyridine rings is 1. The lowest BCUT2D eigenvalue weighted by atomic mass is 9.99. The van der Waals surface area contributed by atoms with Gasteiger partial charge in [-0.2, -0.15) is 8.78 Å². The van der Waals surface area contributed by atoms with Crippen LogP contribution in [-0.2, 0) is 14.6 Å². The number of nitrogens with two attached hydrogens (primary N) is 1. The number of hydrogen-bond acceptors (Lipinski definition) is 6. The number of sulfone groups is 1. The van der Waals surface area contributed by atoms with Gasteiger partial charge in [0.05, 0.1) is 11.7 Å². The first-order valence-corrected chi connectivity index (χ1v) is 10.7. The van der Waals surface area contributed by atoms with Gasteiger partial charge < -0.3 is 16.2 Å².